The van der Waals surface area contributed by atoms with Crippen LogP contribution in [0.2, 0.25) is 5.02 Å². The Labute approximate surface area is 228 Å². The van der Waals surface area contributed by atoms with Crippen molar-refractivity contribution in [2.75, 3.05) is 31.1 Å². The number of piperidine rings is 2. The fourth-order valence-electron chi connectivity index (χ4n) is 5.67. The summed E-state index contributed by atoms with van der Waals surface area (Å²) < 4.78 is 1.97. The lowest BCUT2D eigenvalue weighted by molar-refractivity contribution is -0.133. The van der Waals surface area contributed by atoms with Crippen molar-refractivity contribution in [3.8, 4) is 6.19 Å². The average Bonchev–Trinajstić information content (AvgIpc) is 3.01. The molecule has 9 heteroatoms. The SMILES string of the molecule is N#CN1CCC(CC(=O)N2CCC(N3c4ncc(Br)cc4CCc4cc(Cl)cc(Br)c43)CC2)CC1. The number of amides is 1. The molecule has 1 aromatic heterocycles. The number of pyridine rings is 1. The third kappa shape index (κ3) is 5.33. The smallest absolute Gasteiger partial charge is 0.222 e. The molecule has 3 aliphatic heterocycles. The van der Waals surface area contributed by atoms with Gasteiger partial charge in [0.05, 0.1) is 5.69 Å². The predicted octanol–water partition coefficient (Wildman–Crippen LogP) is 6.07. The molecule has 0 saturated carbocycles. The first-order valence-corrected chi connectivity index (χ1v) is 14.2. The van der Waals surface area contributed by atoms with Crippen LogP contribution in [-0.2, 0) is 17.6 Å². The first kappa shape index (κ1) is 24.9. The minimum absolute atomic E-state index is 0.250. The van der Waals surface area contributed by atoms with Gasteiger partial charge in [-0.2, -0.15) is 5.26 Å². The van der Waals surface area contributed by atoms with Crippen molar-refractivity contribution in [3.63, 3.8) is 0 Å². The van der Waals surface area contributed by atoms with Crippen LogP contribution >= 0.6 is 43.5 Å². The summed E-state index contributed by atoms with van der Waals surface area (Å²) in [5.41, 5.74) is 3.60. The Kier molecular flexibility index (Phi) is 7.57. The van der Waals surface area contributed by atoms with E-state index in [2.05, 4.69) is 55.1 Å². The van der Waals surface area contributed by atoms with Gasteiger partial charge < -0.3 is 14.7 Å². The molecule has 1 amide bonds. The second-order valence-corrected chi connectivity index (χ2v) is 12.0. The van der Waals surface area contributed by atoms with Gasteiger partial charge in [-0.3, -0.25) is 4.79 Å². The standard InChI is InChI=1S/C26H28Br2ClN5O/c27-20-12-19-2-1-18-13-21(29)14-23(28)25(18)34(26(19)31-15-20)22-5-9-33(10-6-22)24(35)11-17-3-7-32(16-30)8-4-17/h12-15,17,22H,1-11H2. The van der Waals surface area contributed by atoms with E-state index in [1.54, 1.807) is 4.90 Å². The lowest BCUT2D eigenvalue weighted by Gasteiger charge is -2.40. The molecule has 1 aromatic carbocycles. The number of nitriles is 1. The molecular formula is C26H28Br2ClN5O. The normalized spacial score (nSPS) is 19.1. The summed E-state index contributed by atoms with van der Waals surface area (Å²) in [5.74, 6) is 1.65. The van der Waals surface area contributed by atoms with Gasteiger partial charge in [0.2, 0.25) is 5.91 Å². The number of hydrogen-bond donors (Lipinski definition) is 0. The molecule has 0 N–H and O–H groups in total. The lowest BCUT2D eigenvalue weighted by Crippen LogP contribution is -2.46. The van der Waals surface area contributed by atoms with Gasteiger partial charge in [-0.05, 0) is 106 Å². The first-order chi connectivity index (χ1) is 16.9. The van der Waals surface area contributed by atoms with Crippen LogP contribution in [0.3, 0.4) is 0 Å². The fourth-order valence-corrected chi connectivity index (χ4v) is 7.12. The molecule has 0 aliphatic carbocycles. The van der Waals surface area contributed by atoms with E-state index < -0.39 is 0 Å². The topological polar surface area (TPSA) is 63.5 Å². The van der Waals surface area contributed by atoms with Gasteiger partial charge in [0.15, 0.2) is 6.19 Å². The Balaban J connectivity index is 1.33. The van der Waals surface area contributed by atoms with E-state index >= 15 is 0 Å². The van der Waals surface area contributed by atoms with Crippen molar-refractivity contribution in [1.29, 1.82) is 5.26 Å². The molecule has 3 aliphatic rings. The van der Waals surface area contributed by atoms with Crippen molar-refractivity contribution in [2.24, 2.45) is 5.92 Å². The van der Waals surface area contributed by atoms with E-state index in [4.69, 9.17) is 21.8 Å². The number of nitrogens with zero attached hydrogens (tertiary/aromatic N) is 5. The fraction of sp³-hybridized carbons (Fsp3) is 0.500. The largest absolute Gasteiger partial charge is 0.343 e. The zero-order valence-electron chi connectivity index (χ0n) is 19.5. The molecular weight excluding hydrogens is 594 g/mol. The highest BCUT2D eigenvalue weighted by molar-refractivity contribution is 9.10. The zero-order chi connectivity index (χ0) is 24.5. The third-order valence-electron chi connectivity index (χ3n) is 7.55. The zero-order valence-corrected chi connectivity index (χ0v) is 23.4. The van der Waals surface area contributed by atoms with Crippen molar-refractivity contribution >= 4 is 60.9 Å². The van der Waals surface area contributed by atoms with Gasteiger partial charge in [0, 0.05) is 58.8 Å². The van der Waals surface area contributed by atoms with Crippen molar-refractivity contribution < 1.29 is 4.79 Å². The lowest BCUT2D eigenvalue weighted by atomic mass is 9.92. The number of aryl methyl sites for hydroxylation is 2. The molecule has 2 saturated heterocycles. The molecule has 2 aromatic rings. The molecule has 0 unspecified atom stereocenters. The maximum absolute atomic E-state index is 13.1. The number of hydrogen-bond acceptors (Lipinski definition) is 5. The molecule has 5 rings (SSSR count). The molecule has 2 fully saturated rings. The van der Waals surface area contributed by atoms with E-state index in [-0.39, 0.29) is 11.9 Å². The minimum Gasteiger partial charge on any atom is -0.343 e. The average molecular weight is 622 g/mol. The number of anilines is 2. The van der Waals surface area contributed by atoms with Crippen molar-refractivity contribution in [2.45, 2.75) is 51.0 Å². The molecule has 0 spiro atoms. The molecule has 35 heavy (non-hydrogen) atoms. The predicted molar refractivity (Wildman–Crippen MR) is 145 cm³/mol. The van der Waals surface area contributed by atoms with E-state index in [0.717, 1.165) is 90.2 Å². The van der Waals surface area contributed by atoms with Crippen LogP contribution in [0, 0.1) is 17.4 Å². The van der Waals surface area contributed by atoms with Gasteiger partial charge in [0.25, 0.3) is 0 Å². The maximum Gasteiger partial charge on any atom is 0.222 e. The molecule has 6 nitrogen and oxygen atoms in total. The molecule has 184 valence electrons. The Morgan fingerprint density at radius 1 is 1.06 bits per heavy atom. The van der Waals surface area contributed by atoms with Crippen molar-refractivity contribution in [1.82, 2.24) is 14.8 Å². The van der Waals surface area contributed by atoms with E-state index in [1.165, 1.54) is 11.1 Å². The Morgan fingerprint density at radius 2 is 1.77 bits per heavy atom. The van der Waals surface area contributed by atoms with Crippen LogP contribution in [0.5, 0.6) is 0 Å². The summed E-state index contributed by atoms with van der Waals surface area (Å²) in [6.45, 7) is 3.05. The molecule has 0 radical (unpaired) electrons. The van der Waals surface area contributed by atoms with Crippen LogP contribution < -0.4 is 4.90 Å². The quantitative estimate of drug-likeness (QED) is 0.390. The number of rotatable bonds is 3. The Morgan fingerprint density at radius 3 is 2.49 bits per heavy atom. The second kappa shape index (κ2) is 10.7. The van der Waals surface area contributed by atoms with Crippen LogP contribution in [0.4, 0.5) is 11.5 Å². The van der Waals surface area contributed by atoms with Gasteiger partial charge in [-0.15, -0.1) is 0 Å². The Hall–Kier alpha value is -1.82. The molecule has 0 atom stereocenters. The van der Waals surface area contributed by atoms with Gasteiger partial charge >= 0.3 is 0 Å². The summed E-state index contributed by atoms with van der Waals surface area (Å²) >= 11 is 13.8. The summed E-state index contributed by atoms with van der Waals surface area (Å²) in [7, 11) is 0. The van der Waals surface area contributed by atoms with Gasteiger partial charge in [-0.25, -0.2) is 4.98 Å². The second-order valence-electron chi connectivity index (χ2n) is 9.75. The van der Waals surface area contributed by atoms with E-state index in [1.807, 2.05) is 17.2 Å². The highest BCUT2D eigenvalue weighted by Gasteiger charge is 2.34. The number of aromatic nitrogens is 1. The minimum atomic E-state index is 0.250. The molecule has 0 bridgehead atoms. The van der Waals surface area contributed by atoms with Crippen LogP contribution in [0.15, 0.2) is 33.3 Å². The number of carbonyl (C=O) groups is 1. The number of halogens is 3. The first-order valence-electron chi connectivity index (χ1n) is 12.3. The van der Waals surface area contributed by atoms with Crippen LogP contribution in [-0.4, -0.2) is 52.9 Å². The highest BCUT2D eigenvalue weighted by atomic mass is 79.9. The number of carbonyl (C=O) groups excluding carboxylic acids is 1. The monoisotopic (exact) mass is 619 g/mol. The van der Waals surface area contributed by atoms with E-state index in [9.17, 15) is 4.79 Å². The van der Waals surface area contributed by atoms with Gasteiger partial charge in [0.1, 0.15) is 5.82 Å². The van der Waals surface area contributed by atoms with Crippen LogP contribution in [0.1, 0.15) is 43.2 Å². The summed E-state index contributed by atoms with van der Waals surface area (Å²) in [6, 6.07) is 6.46. The third-order valence-corrected chi connectivity index (χ3v) is 8.81. The van der Waals surface area contributed by atoms with E-state index in [0.29, 0.717) is 12.3 Å². The maximum atomic E-state index is 13.1. The molecule has 4 heterocycles. The highest BCUT2D eigenvalue weighted by Crippen LogP contribution is 2.44. The summed E-state index contributed by atoms with van der Waals surface area (Å²) in [5, 5.41) is 9.79. The summed E-state index contributed by atoms with van der Waals surface area (Å²) in [6.07, 6.45) is 10.1. The summed E-state index contributed by atoms with van der Waals surface area (Å²) in [4.78, 5) is 24.2. The number of likely N-dealkylation sites (tertiary alicyclic amines) is 2. The van der Waals surface area contributed by atoms with Crippen molar-refractivity contribution in [3.05, 3.63) is 49.5 Å². The van der Waals surface area contributed by atoms with Crippen LogP contribution in [0.25, 0.3) is 0 Å². The number of fused-ring (bicyclic) bond motifs is 2. The Bertz CT molecular complexity index is 1150. The number of benzene rings is 1. The van der Waals surface area contributed by atoms with Gasteiger partial charge in [-0.1, -0.05) is 11.6 Å².